The van der Waals surface area contributed by atoms with Gasteiger partial charge in [-0.2, -0.15) is 0 Å². The molecule has 568 valence electrons. The minimum absolute atomic E-state index is 0.643. The lowest BCUT2D eigenvalue weighted by molar-refractivity contribution is 1.01. The first-order valence-electron chi connectivity index (χ1n) is 41.5. The summed E-state index contributed by atoms with van der Waals surface area (Å²) in [7, 11) is 0. The first-order valence-corrected chi connectivity index (χ1v) is 41.5. The number of nitrogens with zero attached hydrogens (tertiary/aromatic N) is 10. The fourth-order valence-corrected chi connectivity index (χ4v) is 19.5. The summed E-state index contributed by atoms with van der Waals surface area (Å²) in [6, 6.07) is 152. The molecule has 8 aromatic heterocycles. The second-order valence-corrected chi connectivity index (χ2v) is 31.6. The molecule has 10 heteroatoms. The fraction of sp³-hybridized carbons (Fsp3) is 0. The van der Waals surface area contributed by atoms with Crippen LogP contribution in [0.2, 0.25) is 0 Å². The van der Waals surface area contributed by atoms with Crippen molar-refractivity contribution in [3.63, 3.8) is 0 Å². The average Bonchev–Trinajstić information content (AvgIpc) is 1.59. The number of fused-ring (bicyclic) bond motifs is 20. The van der Waals surface area contributed by atoms with Crippen molar-refractivity contribution in [1.82, 2.24) is 47.3 Å². The molecule has 0 saturated carbocycles. The van der Waals surface area contributed by atoms with Crippen LogP contribution < -0.4 is 0 Å². The average molecular weight is 1560 g/mol. The van der Waals surface area contributed by atoms with Crippen molar-refractivity contribution in [2.45, 2.75) is 0 Å². The highest BCUT2D eigenvalue weighted by Crippen LogP contribution is 2.44. The van der Waals surface area contributed by atoms with Gasteiger partial charge >= 0.3 is 0 Å². The van der Waals surface area contributed by atoms with Crippen LogP contribution >= 0.6 is 0 Å². The summed E-state index contributed by atoms with van der Waals surface area (Å²) >= 11 is 0. The standard InChI is InChI=1S/2C56H35N5/c1-2-14-39(15-3-1)59-51-24-12-8-19-44(51)47-34-37(29-33-53(47)59)38-28-32-45-43-18-7-13-25-52(43)61(54(45)35-38)56-57-48-21-9-4-20-46(48)55(58-56)36-26-30-40(31-27-36)60-49-22-10-5-16-41(49)42-17-6-11-23-50(42)60;1-2-14-39(15-3-1)60-51-24-12-7-18-43(51)45-32-28-38(35-54(45)60)37-29-33-53-47(34-37)44-19-8-13-25-52(44)61(53)56-57-48-21-9-4-20-46(48)55(58-56)36-26-30-40(31-27-36)59-49-22-10-5-16-41(49)42-17-6-11-23-50(42)59/h2*1-35H. The molecule has 0 unspecified atom stereocenters. The van der Waals surface area contributed by atoms with Gasteiger partial charge in [-0.3, -0.25) is 9.13 Å². The first-order chi connectivity index (χ1) is 60.5. The fourth-order valence-electron chi connectivity index (χ4n) is 19.5. The summed E-state index contributed by atoms with van der Waals surface area (Å²) in [5.74, 6) is 1.29. The second kappa shape index (κ2) is 27.5. The third kappa shape index (κ3) is 10.8. The van der Waals surface area contributed by atoms with Gasteiger partial charge in [0.05, 0.1) is 88.6 Å². The predicted molar refractivity (Wildman–Crippen MR) is 507 cm³/mol. The summed E-state index contributed by atoms with van der Waals surface area (Å²) < 4.78 is 13.9. The lowest BCUT2D eigenvalue weighted by Crippen LogP contribution is -2.03. The van der Waals surface area contributed by atoms with Crippen molar-refractivity contribution in [3.05, 3.63) is 425 Å². The molecule has 8 heterocycles. The molecule has 0 aliphatic rings. The zero-order valence-electron chi connectivity index (χ0n) is 65.9. The van der Waals surface area contributed by atoms with Crippen LogP contribution in [0, 0.1) is 0 Å². The second-order valence-electron chi connectivity index (χ2n) is 31.6. The molecule has 10 nitrogen and oxygen atoms in total. The Morgan fingerprint density at radius 1 is 0.131 bits per heavy atom. The highest BCUT2D eigenvalue weighted by Gasteiger charge is 2.24. The van der Waals surface area contributed by atoms with E-state index in [2.05, 4.69) is 452 Å². The van der Waals surface area contributed by atoms with Crippen LogP contribution in [0.25, 0.3) is 232 Å². The summed E-state index contributed by atoms with van der Waals surface area (Å²) in [4.78, 5) is 21.4. The van der Waals surface area contributed by atoms with Crippen LogP contribution in [0.1, 0.15) is 0 Å². The van der Waals surface area contributed by atoms with E-state index in [1.165, 1.54) is 98.2 Å². The Morgan fingerprint density at radius 3 is 0.705 bits per heavy atom. The van der Waals surface area contributed by atoms with Gasteiger partial charge in [-0.25, -0.2) is 19.9 Å². The van der Waals surface area contributed by atoms with Crippen LogP contribution in [-0.2, 0) is 0 Å². The van der Waals surface area contributed by atoms with E-state index in [0.29, 0.717) is 11.9 Å². The van der Waals surface area contributed by atoms with E-state index in [9.17, 15) is 0 Å². The summed E-state index contributed by atoms with van der Waals surface area (Å²) in [6.45, 7) is 0. The number of hydrogen-bond donors (Lipinski definition) is 0. The zero-order chi connectivity index (χ0) is 80.0. The van der Waals surface area contributed by atoms with Crippen LogP contribution in [-0.4, -0.2) is 47.3 Å². The molecule has 0 bridgehead atoms. The van der Waals surface area contributed by atoms with E-state index < -0.39 is 0 Å². The lowest BCUT2D eigenvalue weighted by Gasteiger charge is -2.13. The van der Waals surface area contributed by atoms with Crippen molar-refractivity contribution >= 4 is 153 Å². The van der Waals surface area contributed by atoms with E-state index in [4.69, 9.17) is 19.9 Å². The maximum Gasteiger partial charge on any atom is 0.235 e. The Morgan fingerprint density at radius 2 is 0.352 bits per heavy atom. The zero-order valence-corrected chi connectivity index (χ0v) is 65.9. The topological polar surface area (TPSA) is 81.1 Å². The highest BCUT2D eigenvalue weighted by atomic mass is 15.2. The van der Waals surface area contributed by atoms with Gasteiger partial charge in [0.15, 0.2) is 0 Å². The predicted octanol–water partition coefficient (Wildman–Crippen LogP) is 28.5. The lowest BCUT2D eigenvalue weighted by atomic mass is 10.0. The summed E-state index contributed by atoms with van der Waals surface area (Å²) in [5, 5.41) is 16.6. The Bertz CT molecular complexity index is 8650. The third-order valence-electron chi connectivity index (χ3n) is 24.9. The minimum atomic E-state index is 0.643. The van der Waals surface area contributed by atoms with Crippen LogP contribution in [0.5, 0.6) is 0 Å². The van der Waals surface area contributed by atoms with Crippen LogP contribution in [0.15, 0.2) is 425 Å². The quantitative estimate of drug-likeness (QED) is 0.137. The van der Waals surface area contributed by atoms with E-state index in [1.54, 1.807) is 0 Å². The SMILES string of the molecule is c1ccc(-n2c3ccccc3c3cc(-c4ccc5c6ccccc6n(-c6nc(-c7ccc(-n8c9ccccc9c9ccccc98)cc7)c7ccccc7n6)c5c4)ccc32)cc1.c1ccc(-n2c3ccccc3c3ccc(-c4ccc5c(c4)c4ccccc4n5-c4nc(-c5ccc(-n6c7ccccc7c7ccccc76)cc5)c5ccccc5n4)cc32)cc1. The van der Waals surface area contributed by atoms with Crippen molar-refractivity contribution in [3.8, 4) is 79.4 Å². The molecule has 26 rings (SSSR count). The van der Waals surface area contributed by atoms with E-state index in [0.717, 1.165) is 122 Å². The van der Waals surface area contributed by atoms with Crippen LogP contribution in [0.4, 0.5) is 0 Å². The third-order valence-corrected chi connectivity index (χ3v) is 24.9. The number of aromatic nitrogens is 10. The van der Waals surface area contributed by atoms with Crippen molar-refractivity contribution in [2.75, 3.05) is 0 Å². The molecule has 0 saturated heterocycles. The smallest absolute Gasteiger partial charge is 0.235 e. The Kier molecular flexibility index (Phi) is 15.5. The summed E-state index contributed by atoms with van der Waals surface area (Å²) in [5.41, 5.74) is 28.6. The number of para-hydroxylation sites is 12. The van der Waals surface area contributed by atoms with Gasteiger partial charge < -0.3 is 18.3 Å². The maximum atomic E-state index is 5.46. The van der Waals surface area contributed by atoms with Gasteiger partial charge in [0, 0.05) is 109 Å². The molecular formula is C112H70N10. The van der Waals surface area contributed by atoms with Crippen molar-refractivity contribution < 1.29 is 0 Å². The van der Waals surface area contributed by atoms with Crippen molar-refractivity contribution in [2.24, 2.45) is 0 Å². The molecule has 0 atom stereocenters. The normalized spacial score (nSPS) is 11.9. The molecule has 26 aromatic rings. The minimum Gasteiger partial charge on any atom is -0.309 e. The maximum absolute atomic E-state index is 5.46. The molecule has 122 heavy (non-hydrogen) atoms. The van der Waals surface area contributed by atoms with Gasteiger partial charge in [-0.1, -0.05) is 279 Å². The Balaban J connectivity index is 0.000000134. The number of rotatable bonds is 10. The van der Waals surface area contributed by atoms with E-state index in [1.807, 2.05) is 0 Å². The van der Waals surface area contributed by atoms with Gasteiger partial charge in [0.1, 0.15) is 0 Å². The molecule has 0 fully saturated rings. The Labute approximate surface area is 699 Å². The van der Waals surface area contributed by atoms with Crippen LogP contribution in [0.3, 0.4) is 0 Å². The monoisotopic (exact) mass is 1550 g/mol. The summed E-state index contributed by atoms with van der Waals surface area (Å²) in [6.07, 6.45) is 0. The van der Waals surface area contributed by atoms with Gasteiger partial charge in [-0.05, 0) is 168 Å². The molecule has 0 aliphatic carbocycles. The van der Waals surface area contributed by atoms with E-state index in [-0.39, 0.29) is 0 Å². The number of hydrogen-bond acceptors (Lipinski definition) is 4. The highest BCUT2D eigenvalue weighted by molar-refractivity contribution is 6.16. The van der Waals surface area contributed by atoms with Gasteiger partial charge in [0.2, 0.25) is 11.9 Å². The molecule has 0 spiro atoms. The van der Waals surface area contributed by atoms with Gasteiger partial charge in [-0.15, -0.1) is 0 Å². The van der Waals surface area contributed by atoms with E-state index >= 15 is 0 Å². The molecule has 0 amide bonds. The Hall–Kier alpha value is -16.6. The largest absolute Gasteiger partial charge is 0.309 e. The van der Waals surface area contributed by atoms with Crippen molar-refractivity contribution in [1.29, 1.82) is 0 Å². The molecule has 0 N–H and O–H groups in total. The first kappa shape index (κ1) is 68.6. The van der Waals surface area contributed by atoms with Gasteiger partial charge in [0.25, 0.3) is 0 Å². The molecule has 0 aliphatic heterocycles. The molecule has 0 radical (unpaired) electrons. The molecule has 18 aromatic carbocycles. The molecular weight excluding hydrogens is 1490 g/mol. The number of benzene rings is 18.